The van der Waals surface area contributed by atoms with Crippen LogP contribution in [0.1, 0.15) is 12.0 Å². The van der Waals surface area contributed by atoms with Gasteiger partial charge in [-0.25, -0.2) is 0 Å². The van der Waals surface area contributed by atoms with Crippen molar-refractivity contribution in [3.05, 3.63) is 29.8 Å². The number of amides is 1. The van der Waals surface area contributed by atoms with E-state index >= 15 is 0 Å². The van der Waals surface area contributed by atoms with Gasteiger partial charge in [0.2, 0.25) is 5.91 Å². The third-order valence-corrected chi connectivity index (χ3v) is 3.41. The number of ether oxygens (including phenoxy) is 2. The lowest BCUT2D eigenvalue weighted by Crippen LogP contribution is -2.46. The summed E-state index contributed by atoms with van der Waals surface area (Å²) in [5, 5.41) is 9.23. The zero-order valence-corrected chi connectivity index (χ0v) is 11.9. The van der Waals surface area contributed by atoms with Crippen LogP contribution in [-0.2, 0) is 25.5 Å². The van der Waals surface area contributed by atoms with Crippen LogP contribution in [0.3, 0.4) is 0 Å². The van der Waals surface area contributed by atoms with Crippen LogP contribution in [0.15, 0.2) is 24.3 Å². The van der Waals surface area contributed by atoms with Gasteiger partial charge in [-0.3, -0.25) is 9.59 Å². The molecule has 21 heavy (non-hydrogen) atoms. The largest absolute Gasteiger partial charge is 0.508 e. The van der Waals surface area contributed by atoms with Crippen LogP contribution in [0.4, 0.5) is 0 Å². The van der Waals surface area contributed by atoms with Crippen molar-refractivity contribution in [3.63, 3.8) is 0 Å². The zero-order chi connectivity index (χ0) is 15.2. The maximum Gasteiger partial charge on any atom is 0.308 e. The first-order valence-corrected chi connectivity index (χ1v) is 6.82. The van der Waals surface area contributed by atoms with E-state index in [1.807, 2.05) is 0 Å². The molecule has 6 heteroatoms. The first-order valence-electron chi connectivity index (χ1n) is 6.82. The molecule has 1 aromatic rings. The van der Waals surface area contributed by atoms with E-state index in [2.05, 4.69) is 4.74 Å². The van der Waals surface area contributed by atoms with Gasteiger partial charge in [0.15, 0.2) is 0 Å². The molecule has 1 atom stereocenters. The molecule has 1 aliphatic rings. The van der Waals surface area contributed by atoms with Gasteiger partial charge in [-0.2, -0.15) is 0 Å². The molecule has 1 unspecified atom stereocenters. The fourth-order valence-corrected chi connectivity index (χ4v) is 2.24. The Balaban J connectivity index is 1.89. The van der Waals surface area contributed by atoms with Crippen LogP contribution < -0.4 is 0 Å². The monoisotopic (exact) mass is 293 g/mol. The van der Waals surface area contributed by atoms with Crippen molar-refractivity contribution in [3.8, 4) is 5.75 Å². The number of carbonyl (C=O) groups excluding carboxylic acids is 2. The average Bonchev–Trinajstić information content (AvgIpc) is 2.49. The van der Waals surface area contributed by atoms with Gasteiger partial charge in [-0.05, 0) is 17.7 Å². The van der Waals surface area contributed by atoms with Gasteiger partial charge in [-0.15, -0.1) is 0 Å². The molecule has 1 fully saturated rings. The predicted octanol–water partition coefficient (Wildman–Crippen LogP) is 0.725. The van der Waals surface area contributed by atoms with Crippen molar-refractivity contribution in [2.75, 3.05) is 26.8 Å². The van der Waals surface area contributed by atoms with E-state index in [0.717, 1.165) is 5.56 Å². The minimum absolute atomic E-state index is 0.0149. The summed E-state index contributed by atoms with van der Waals surface area (Å²) >= 11 is 0. The van der Waals surface area contributed by atoms with Crippen molar-refractivity contribution >= 4 is 11.9 Å². The number of morpholine rings is 1. The summed E-state index contributed by atoms with van der Waals surface area (Å²) in [7, 11) is 1.33. The maximum atomic E-state index is 12.2. The average molecular weight is 293 g/mol. The highest BCUT2D eigenvalue weighted by Crippen LogP contribution is 2.14. The number of phenolic OH excluding ortho intramolecular Hbond substituents is 1. The number of hydrogen-bond acceptors (Lipinski definition) is 5. The van der Waals surface area contributed by atoms with Crippen LogP contribution in [0.5, 0.6) is 5.75 Å². The Labute approximate surface area is 123 Å². The first kappa shape index (κ1) is 15.3. The Bertz CT molecular complexity index is 499. The topological polar surface area (TPSA) is 76.1 Å². The highest BCUT2D eigenvalue weighted by atomic mass is 16.5. The normalized spacial score (nSPS) is 18.3. The fraction of sp³-hybridized carbons (Fsp3) is 0.467. The summed E-state index contributed by atoms with van der Waals surface area (Å²) in [4.78, 5) is 25.2. The van der Waals surface area contributed by atoms with Gasteiger partial charge in [0.1, 0.15) is 5.75 Å². The van der Waals surface area contributed by atoms with Crippen LogP contribution in [-0.4, -0.2) is 54.8 Å². The fourth-order valence-electron chi connectivity index (χ4n) is 2.24. The van der Waals surface area contributed by atoms with E-state index in [9.17, 15) is 14.7 Å². The summed E-state index contributed by atoms with van der Waals surface area (Å²) < 4.78 is 10.1. The van der Waals surface area contributed by atoms with Crippen LogP contribution >= 0.6 is 0 Å². The molecule has 0 bridgehead atoms. The number of nitrogens with zero attached hydrogens (tertiary/aromatic N) is 1. The first-order chi connectivity index (χ1) is 10.1. The molecule has 1 saturated heterocycles. The molecule has 6 nitrogen and oxygen atoms in total. The number of benzene rings is 1. The Morgan fingerprint density at radius 3 is 2.76 bits per heavy atom. The summed E-state index contributed by atoms with van der Waals surface area (Å²) in [6, 6.07) is 6.56. The lowest BCUT2D eigenvalue weighted by atomic mass is 10.1. The van der Waals surface area contributed by atoms with E-state index in [4.69, 9.17) is 4.74 Å². The van der Waals surface area contributed by atoms with E-state index in [1.165, 1.54) is 7.11 Å². The molecular formula is C15H19NO5. The summed E-state index contributed by atoms with van der Waals surface area (Å²) in [6.45, 7) is 1.34. The van der Waals surface area contributed by atoms with E-state index in [1.54, 1.807) is 29.2 Å². The molecule has 2 rings (SSSR count). The Morgan fingerprint density at radius 2 is 2.10 bits per heavy atom. The number of esters is 1. The second-order valence-electron chi connectivity index (χ2n) is 4.96. The number of methoxy groups -OCH3 is 1. The smallest absolute Gasteiger partial charge is 0.308 e. The second kappa shape index (κ2) is 7.08. The number of hydrogen-bond donors (Lipinski definition) is 1. The maximum absolute atomic E-state index is 12.2. The van der Waals surface area contributed by atoms with Crippen molar-refractivity contribution < 1.29 is 24.2 Å². The van der Waals surface area contributed by atoms with Crippen LogP contribution in [0.25, 0.3) is 0 Å². The summed E-state index contributed by atoms with van der Waals surface area (Å²) in [5.41, 5.74) is 0.841. The zero-order valence-electron chi connectivity index (χ0n) is 11.9. The molecule has 1 heterocycles. The summed E-state index contributed by atoms with van der Waals surface area (Å²) in [5.74, 6) is -0.178. The molecule has 1 amide bonds. The minimum Gasteiger partial charge on any atom is -0.508 e. The molecule has 0 spiro atoms. The van der Waals surface area contributed by atoms with Gasteiger partial charge in [0, 0.05) is 13.1 Å². The van der Waals surface area contributed by atoms with Crippen LogP contribution in [0, 0.1) is 0 Å². The van der Waals surface area contributed by atoms with Crippen molar-refractivity contribution in [2.45, 2.75) is 18.9 Å². The summed E-state index contributed by atoms with van der Waals surface area (Å²) in [6.07, 6.45) is 0.111. The molecule has 1 N–H and O–H groups in total. The number of phenols is 1. The molecule has 1 aromatic carbocycles. The minimum atomic E-state index is -0.340. The molecule has 0 radical (unpaired) electrons. The Hall–Kier alpha value is -2.08. The third-order valence-electron chi connectivity index (χ3n) is 3.41. The molecular weight excluding hydrogens is 274 g/mol. The van der Waals surface area contributed by atoms with Crippen molar-refractivity contribution in [2.24, 2.45) is 0 Å². The third kappa shape index (κ3) is 4.46. The van der Waals surface area contributed by atoms with E-state index in [0.29, 0.717) is 19.7 Å². The van der Waals surface area contributed by atoms with Gasteiger partial charge in [-0.1, -0.05) is 12.1 Å². The number of carbonyl (C=O) groups is 2. The van der Waals surface area contributed by atoms with Crippen LogP contribution in [0.2, 0.25) is 0 Å². The number of rotatable bonds is 4. The lowest BCUT2D eigenvalue weighted by molar-refractivity contribution is -0.149. The Kier molecular flexibility index (Phi) is 5.16. The molecule has 1 aliphatic heterocycles. The van der Waals surface area contributed by atoms with Crippen molar-refractivity contribution in [1.82, 2.24) is 4.90 Å². The highest BCUT2D eigenvalue weighted by molar-refractivity contribution is 5.79. The molecule has 0 aliphatic carbocycles. The van der Waals surface area contributed by atoms with E-state index < -0.39 is 0 Å². The van der Waals surface area contributed by atoms with Gasteiger partial charge in [0.05, 0.1) is 32.7 Å². The van der Waals surface area contributed by atoms with Gasteiger partial charge >= 0.3 is 5.97 Å². The molecule has 0 aromatic heterocycles. The lowest BCUT2D eigenvalue weighted by Gasteiger charge is -2.32. The quantitative estimate of drug-likeness (QED) is 0.828. The van der Waals surface area contributed by atoms with Gasteiger partial charge < -0.3 is 19.5 Å². The standard InChI is InChI=1S/C15H19NO5/c1-20-15(19)9-13-10-16(6-7-21-13)14(18)8-11-2-4-12(17)5-3-11/h2-5,13,17H,6-10H2,1H3. The van der Waals surface area contributed by atoms with E-state index in [-0.39, 0.29) is 36.6 Å². The Morgan fingerprint density at radius 1 is 1.38 bits per heavy atom. The molecule has 114 valence electrons. The van der Waals surface area contributed by atoms with Gasteiger partial charge in [0.25, 0.3) is 0 Å². The SMILES string of the molecule is COC(=O)CC1CN(C(=O)Cc2ccc(O)cc2)CCO1. The molecule has 0 saturated carbocycles. The predicted molar refractivity (Wildman–Crippen MR) is 74.8 cm³/mol. The highest BCUT2D eigenvalue weighted by Gasteiger charge is 2.26. The van der Waals surface area contributed by atoms with Crippen molar-refractivity contribution in [1.29, 1.82) is 0 Å². The second-order valence-corrected chi connectivity index (χ2v) is 4.96. The number of aromatic hydroxyl groups is 1.